The van der Waals surface area contributed by atoms with Crippen molar-refractivity contribution in [1.29, 1.82) is 0 Å². The average Bonchev–Trinajstić information content (AvgIpc) is 3.06. The monoisotopic (exact) mass is 484 g/mol. The van der Waals surface area contributed by atoms with E-state index in [-0.39, 0.29) is 24.2 Å². The van der Waals surface area contributed by atoms with Crippen molar-refractivity contribution in [2.24, 2.45) is 0 Å². The van der Waals surface area contributed by atoms with E-state index >= 15 is 0 Å². The molecule has 0 radical (unpaired) electrons. The molecule has 2 saturated heterocycles. The number of likely N-dealkylation sites (tertiary alicyclic amines) is 1. The van der Waals surface area contributed by atoms with E-state index in [0.29, 0.717) is 57.1 Å². The summed E-state index contributed by atoms with van der Waals surface area (Å²) < 4.78 is 15.8. The molecule has 2 aliphatic heterocycles. The van der Waals surface area contributed by atoms with Crippen molar-refractivity contribution < 1.29 is 28.9 Å². The van der Waals surface area contributed by atoms with Crippen LogP contribution >= 0.6 is 0 Å². The van der Waals surface area contributed by atoms with Crippen LogP contribution in [0.4, 0.5) is 4.79 Å². The molecule has 1 aromatic carbocycles. The fraction of sp³-hybridized carbons (Fsp3) is 0.480. The normalized spacial score (nSPS) is 17.9. The van der Waals surface area contributed by atoms with Gasteiger partial charge in [0.1, 0.15) is 5.54 Å². The lowest BCUT2D eigenvalue weighted by Gasteiger charge is -2.42. The molecule has 1 N–H and O–H groups in total. The second-order valence-electron chi connectivity index (χ2n) is 8.84. The van der Waals surface area contributed by atoms with Crippen LogP contribution in [0.5, 0.6) is 17.2 Å². The number of aromatic nitrogens is 1. The number of imide groups is 1. The van der Waals surface area contributed by atoms with Crippen LogP contribution in [0.3, 0.4) is 0 Å². The van der Waals surface area contributed by atoms with E-state index < -0.39 is 5.54 Å². The minimum atomic E-state index is -0.876. The quantitative estimate of drug-likeness (QED) is 0.541. The van der Waals surface area contributed by atoms with Gasteiger partial charge in [-0.1, -0.05) is 6.07 Å². The SMILES string of the molecule is COCCN1C(=O)N(Cc2cccnc2)C(=O)C12CCN(Cc1cc(OC)c(O)c(OC)c1)CC2. The Morgan fingerprint density at radius 3 is 2.29 bits per heavy atom. The van der Waals surface area contributed by atoms with Gasteiger partial charge in [-0.15, -0.1) is 0 Å². The molecular formula is C25H32N4O6. The van der Waals surface area contributed by atoms with E-state index in [4.69, 9.17) is 14.2 Å². The van der Waals surface area contributed by atoms with Gasteiger partial charge >= 0.3 is 6.03 Å². The van der Waals surface area contributed by atoms with Crippen molar-refractivity contribution in [2.45, 2.75) is 31.5 Å². The molecular weight excluding hydrogens is 452 g/mol. The van der Waals surface area contributed by atoms with Gasteiger partial charge in [0.2, 0.25) is 5.75 Å². The molecule has 3 heterocycles. The first-order valence-corrected chi connectivity index (χ1v) is 11.6. The maximum absolute atomic E-state index is 13.7. The van der Waals surface area contributed by atoms with Crippen LogP contribution in [0.25, 0.3) is 0 Å². The van der Waals surface area contributed by atoms with Gasteiger partial charge in [0.15, 0.2) is 11.5 Å². The van der Waals surface area contributed by atoms with Crippen LogP contribution in [0, 0.1) is 0 Å². The van der Waals surface area contributed by atoms with Crippen molar-refractivity contribution in [1.82, 2.24) is 19.7 Å². The highest BCUT2D eigenvalue weighted by Gasteiger charge is 2.57. The number of ether oxygens (including phenoxy) is 3. The lowest BCUT2D eigenvalue weighted by atomic mass is 9.85. The molecule has 0 atom stereocenters. The van der Waals surface area contributed by atoms with Crippen molar-refractivity contribution in [3.8, 4) is 17.2 Å². The molecule has 4 rings (SSSR count). The number of pyridine rings is 1. The minimum absolute atomic E-state index is 0.0334. The maximum Gasteiger partial charge on any atom is 0.328 e. The number of methoxy groups -OCH3 is 3. The Bertz CT molecular complexity index is 1030. The van der Waals surface area contributed by atoms with Gasteiger partial charge in [-0.3, -0.25) is 19.6 Å². The van der Waals surface area contributed by atoms with Crippen LogP contribution in [0.2, 0.25) is 0 Å². The average molecular weight is 485 g/mol. The number of carbonyl (C=O) groups excluding carboxylic acids is 2. The summed E-state index contributed by atoms with van der Waals surface area (Å²) in [4.78, 5) is 36.4. The van der Waals surface area contributed by atoms with E-state index in [1.54, 1.807) is 42.6 Å². The molecule has 10 heteroatoms. The Morgan fingerprint density at radius 2 is 1.71 bits per heavy atom. The van der Waals surface area contributed by atoms with E-state index in [1.165, 1.54) is 19.1 Å². The van der Waals surface area contributed by atoms with Gasteiger partial charge in [-0.25, -0.2) is 4.79 Å². The summed E-state index contributed by atoms with van der Waals surface area (Å²) in [6, 6.07) is 6.95. The van der Waals surface area contributed by atoms with Crippen molar-refractivity contribution in [2.75, 3.05) is 47.6 Å². The number of phenolic OH excluding ortho intramolecular Hbond substituents is 1. The van der Waals surface area contributed by atoms with Crippen molar-refractivity contribution in [3.63, 3.8) is 0 Å². The predicted molar refractivity (Wildman–Crippen MR) is 127 cm³/mol. The number of hydrogen-bond acceptors (Lipinski definition) is 8. The molecule has 1 aromatic heterocycles. The van der Waals surface area contributed by atoms with Crippen LogP contribution in [0.15, 0.2) is 36.7 Å². The highest BCUT2D eigenvalue weighted by molar-refractivity contribution is 6.07. The lowest BCUT2D eigenvalue weighted by molar-refractivity contribution is -0.136. The third kappa shape index (κ3) is 4.76. The van der Waals surface area contributed by atoms with E-state index in [0.717, 1.165) is 11.1 Å². The van der Waals surface area contributed by atoms with Gasteiger partial charge in [-0.2, -0.15) is 0 Å². The number of aromatic hydroxyl groups is 1. The first kappa shape index (κ1) is 24.7. The number of rotatable bonds is 9. The summed E-state index contributed by atoms with van der Waals surface area (Å²) in [5, 5.41) is 10.2. The second kappa shape index (κ2) is 10.5. The first-order chi connectivity index (χ1) is 16.9. The van der Waals surface area contributed by atoms with Crippen LogP contribution in [0.1, 0.15) is 24.0 Å². The summed E-state index contributed by atoms with van der Waals surface area (Å²) in [6.45, 7) is 2.79. The molecule has 35 heavy (non-hydrogen) atoms. The number of nitrogens with zero attached hydrogens (tertiary/aromatic N) is 4. The number of piperidine rings is 1. The minimum Gasteiger partial charge on any atom is -0.502 e. The number of urea groups is 1. The van der Waals surface area contributed by atoms with Gasteiger partial charge in [0, 0.05) is 45.7 Å². The Hall–Kier alpha value is -3.37. The molecule has 188 valence electrons. The second-order valence-corrected chi connectivity index (χ2v) is 8.84. The smallest absolute Gasteiger partial charge is 0.328 e. The van der Waals surface area contributed by atoms with E-state index in [9.17, 15) is 14.7 Å². The highest BCUT2D eigenvalue weighted by atomic mass is 16.5. The topological polar surface area (TPSA) is 105 Å². The Labute approximate surface area is 205 Å². The third-order valence-corrected chi connectivity index (χ3v) is 6.83. The predicted octanol–water partition coefficient (Wildman–Crippen LogP) is 2.25. The highest BCUT2D eigenvalue weighted by Crippen LogP contribution is 2.40. The first-order valence-electron chi connectivity index (χ1n) is 11.6. The lowest BCUT2D eigenvalue weighted by Crippen LogP contribution is -2.57. The largest absolute Gasteiger partial charge is 0.502 e. The van der Waals surface area contributed by atoms with Gasteiger partial charge in [0.05, 0.1) is 27.4 Å². The fourth-order valence-corrected chi connectivity index (χ4v) is 4.95. The summed E-state index contributed by atoms with van der Waals surface area (Å²) in [5.74, 6) is 0.506. The summed E-state index contributed by atoms with van der Waals surface area (Å²) in [6.07, 6.45) is 4.39. The molecule has 0 unspecified atom stereocenters. The molecule has 2 aliphatic rings. The number of benzene rings is 1. The van der Waals surface area contributed by atoms with Gasteiger partial charge < -0.3 is 24.2 Å². The number of hydrogen-bond donors (Lipinski definition) is 1. The van der Waals surface area contributed by atoms with Crippen LogP contribution in [-0.4, -0.2) is 89.8 Å². The van der Waals surface area contributed by atoms with E-state index in [1.807, 2.05) is 6.07 Å². The molecule has 2 aromatic rings. The molecule has 10 nitrogen and oxygen atoms in total. The number of phenols is 1. The molecule has 2 fully saturated rings. The standard InChI is InChI=1S/C25H32N4O6/c1-33-12-11-29-24(32)28(17-18-5-4-8-26-15-18)23(31)25(29)6-9-27(10-7-25)16-19-13-20(34-2)22(30)21(14-19)35-3/h4-5,8,13-15,30H,6-7,9-12,16-17H2,1-3H3. The molecule has 0 saturated carbocycles. The Kier molecular flexibility index (Phi) is 7.42. The van der Waals surface area contributed by atoms with Crippen LogP contribution < -0.4 is 9.47 Å². The van der Waals surface area contributed by atoms with Crippen molar-refractivity contribution in [3.05, 3.63) is 47.8 Å². The van der Waals surface area contributed by atoms with Crippen molar-refractivity contribution >= 4 is 11.9 Å². The number of carbonyl (C=O) groups is 2. The fourth-order valence-electron chi connectivity index (χ4n) is 4.95. The maximum atomic E-state index is 13.7. The summed E-state index contributed by atoms with van der Waals surface area (Å²) in [5.41, 5.74) is 0.861. The number of amides is 3. The van der Waals surface area contributed by atoms with Gasteiger partial charge in [0.25, 0.3) is 5.91 Å². The Balaban J connectivity index is 1.51. The molecule has 0 aliphatic carbocycles. The zero-order valence-corrected chi connectivity index (χ0v) is 20.4. The van der Waals surface area contributed by atoms with E-state index in [2.05, 4.69) is 9.88 Å². The van der Waals surface area contributed by atoms with Crippen LogP contribution in [-0.2, 0) is 22.6 Å². The molecule has 3 amide bonds. The molecule has 0 bridgehead atoms. The summed E-state index contributed by atoms with van der Waals surface area (Å²) in [7, 11) is 4.58. The van der Waals surface area contributed by atoms with Gasteiger partial charge in [-0.05, 0) is 42.2 Å². The third-order valence-electron chi connectivity index (χ3n) is 6.83. The summed E-state index contributed by atoms with van der Waals surface area (Å²) >= 11 is 0. The molecule has 1 spiro atoms. The zero-order chi connectivity index (χ0) is 25.0. The zero-order valence-electron chi connectivity index (χ0n) is 20.4. The Morgan fingerprint density at radius 1 is 1.03 bits per heavy atom.